The summed E-state index contributed by atoms with van der Waals surface area (Å²) in [6.07, 6.45) is 15.3. The molecule has 26 heteroatoms. The average Bonchev–Trinajstić information content (AvgIpc) is 1.67. The lowest BCUT2D eigenvalue weighted by molar-refractivity contribution is -0.122. The molecular formula is C96H80FN9O12S4. The second-order valence-corrected chi connectivity index (χ2v) is 30.6. The zero-order valence-corrected chi connectivity index (χ0v) is 70.1. The van der Waals surface area contributed by atoms with Gasteiger partial charge in [0.1, 0.15) is 46.9 Å². The highest BCUT2D eigenvalue weighted by molar-refractivity contribution is 8.20. The molecule has 0 radical (unpaired) electrons. The van der Waals surface area contributed by atoms with E-state index in [0.717, 1.165) is 79.1 Å². The molecule has 11 aromatic carbocycles. The van der Waals surface area contributed by atoms with Gasteiger partial charge in [-0.05, 0) is 288 Å². The summed E-state index contributed by atoms with van der Waals surface area (Å²) in [5, 5.41) is 22.7. The highest BCUT2D eigenvalue weighted by Crippen LogP contribution is 2.42. The number of phenolic OH excluding ortho intramolecular Hbond substituents is 2. The van der Waals surface area contributed by atoms with Crippen molar-refractivity contribution in [3.8, 4) is 58.3 Å². The molecule has 16 rings (SSSR count). The van der Waals surface area contributed by atoms with Crippen molar-refractivity contribution in [3.63, 3.8) is 0 Å². The largest absolute Gasteiger partial charge is 0.508 e. The molecule has 0 atom stereocenters. The van der Waals surface area contributed by atoms with Gasteiger partial charge in [-0.1, -0.05) is 103 Å². The minimum atomic E-state index is -0.325. The van der Waals surface area contributed by atoms with Crippen LogP contribution in [0.15, 0.2) is 319 Å². The summed E-state index contributed by atoms with van der Waals surface area (Å²) in [4.78, 5) is 83.5. The number of aromatic hydroxyl groups is 2. The lowest BCUT2D eigenvalue weighted by atomic mass is 10.1. The van der Waals surface area contributed by atoms with Crippen LogP contribution in [0.5, 0.6) is 46.0 Å². The Morgan fingerprint density at radius 2 is 0.820 bits per heavy atom. The van der Waals surface area contributed by atoms with Gasteiger partial charge in [0, 0.05) is 30.2 Å². The number of amidine groups is 4. The van der Waals surface area contributed by atoms with E-state index in [1.807, 2.05) is 219 Å². The van der Waals surface area contributed by atoms with Gasteiger partial charge in [0.25, 0.3) is 23.6 Å². The Labute approximate surface area is 722 Å². The van der Waals surface area contributed by atoms with Gasteiger partial charge in [0.05, 0.1) is 89.3 Å². The van der Waals surface area contributed by atoms with Crippen molar-refractivity contribution in [2.75, 3.05) is 65.0 Å². The number of carbonyl (C=O) groups excluding carboxylic acids is 4. The fourth-order valence-corrected chi connectivity index (χ4v) is 16.4. The second-order valence-electron chi connectivity index (χ2n) is 26.5. The van der Waals surface area contributed by atoms with Crippen LogP contribution in [0.4, 0.5) is 38.5 Å². The summed E-state index contributed by atoms with van der Waals surface area (Å²) >= 11 is 5.31. The van der Waals surface area contributed by atoms with Crippen LogP contribution in [0.1, 0.15) is 34.7 Å². The van der Waals surface area contributed by atoms with Crippen LogP contribution < -0.4 is 38.2 Å². The zero-order chi connectivity index (χ0) is 85.4. The number of amides is 4. The van der Waals surface area contributed by atoms with Crippen molar-refractivity contribution >= 4 is 161 Å². The highest BCUT2D eigenvalue weighted by atomic mass is 32.2. The number of thioether (sulfide) groups is 4. The molecule has 4 fully saturated rings. The SMILES string of the molecule is C#CCOc1ccc(/C=C2/SC(=Nc3ccc(OC)cc3)N(CCc3c[nH]c4ccccc34)C2=O)cc1.CCN1C(=O)/C(=C\c2ccc(O)cc2)SC1=Nc1ccc(F)cc1.COc1cc(/C=C2/SC(=Nc3ccccc3)N(c3ccccc3)C2=O)ccc1O.COc1ccc(/C=C2\SC(=Nc3ccc(OC)cc3)N(c3ccc(OC)cc3)C2=O)cc1. The number of aromatic amines is 1. The van der Waals surface area contributed by atoms with Gasteiger partial charge in [-0.2, -0.15) is 0 Å². The Morgan fingerprint density at radius 1 is 0.426 bits per heavy atom. The van der Waals surface area contributed by atoms with E-state index in [2.05, 4.69) is 33.0 Å². The number of rotatable bonds is 21. The maximum absolute atomic E-state index is 13.5. The molecule has 4 saturated heterocycles. The third kappa shape index (κ3) is 22.0. The van der Waals surface area contributed by atoms with Crippen molar-refractivity contribution in [3.05, 3.63) is 332 Å². The molecule has 3 N–H and O–H groups in total. The summed E-state index contributed by atoms with van der Waals surface area (Å²) in [6.45, 7) is 3.10. The zero-order valence-electron chi connectivity index (χ0n) is 66.8. The van der Waals surface area contributed by atoms with E-state index in [4.69, 9.17) is 44.8 Å². The number of nitrogens with one attached hydrogen (secondary N) is 1. The number of hydrogen-bond acceptors (Lipinski definition) is 20. The average molecular weight is 1700 g/mol. The number of aromatic nitrogens is 1. The molecule has 4 amide bonds. The van der Waals surface area contributed by atoms with Crippen molar-refractivity contribution in [2.24, 2.45) is 20.0 Å². The van der Waals surface area contributed by atoms with Gasteiger partial charge in [-0.25, -0.2) is 24.4 Å². The summed E-state index contributed by atoms with van der Waals surface area (Å²) in [5.41, 5.74) is 9.95. The number of nitrogens with zero attached hydrogens (tertiary/aromatic N) is 8. The monoisotopic (exact) mass is 1700 g/mol. The van der Waals surface area contributed by atoms with Crippen LogP contribution in [0, 0.1) is 18.2 Å². The van der Waals surface area contributed by atoms with E-state index in [-0.39, 0.29) is 47.6 Å². The summed E-state index contributed by atoms with van der Waals surface area (Å²) in [6, 6.07) is 81.8. The highest BCUT2D eigenvalue weighted by Gasteiger charge is 2.38. The van der Waals surface area contributed by atoms with Crippen LogP contribution in [-0.2, 0) is 25.6 Å². The smallest absolute Gasteiger partial charge is 0.271 e. The number of terminal acetylenes is 1. The van der Waals surface area contributed by atoms with Crippen LogP contribution in [0.2, 0.25) is 0 Å². The molecule has 5 heterocycles. The summed E-state index contributed by atoms with van der Waals surface area (Å²) in [5.74, 6) is 5.92. The van der Waals surface area contributed by atoms with Crippen LogP contribution in [-0.4, -0.2) is 125 Å². The first-order valence-corrected chi connectivity index (χ1v) is 41.3. The molecular weight excluding hydrogens is 1620 g/mol. The topological polar surface area (TPSA) is 242 Å². The van der Waals surface area contributed by atoms with E-state index in [1.165, 1.54) is 71.7 Å². The molecule has 0 aliphatic carbocycles. The van der Waals surface area contributed by atoms with Crippen molar-refractivity contribution < 1.29 is 62.2 Å². The van der Waals surface area contributed by atoms with Gasteiger partial charge in [0.2, 0.25) is 0 Å². The molecule has 4 aliphatic rings. The van der Waals surface area contributed by atoms with Crippen molar-refractivity contribution in [2.45, 2.75) is 13.3 Å². The molecule has 12 aromatic rings. The summed E-state index contributed by atoms with van der Waals surface area (Å²) in [7, 11) is 7.97. The van der Waals surface area contributed by atoms with Gasteiger partial charge >= 0.3 is 0 Å². The fourth-order valence-electron chi connectivity index (χ4n) is 12.3. The Morgan fingerprint density at radius 3 is 1.32 bits per heavy atom. The first-order valence-electron chi connectivity index (χ1n) is 38.0. The normalized spacial score (nSPS) is 16.3. The predicted molar refractivity (Wildman–Crippen MR) is 492 cm³/mol. The minimum Gasteiger partial charge on any atom is -0.508 e. The Kier molecular flexibility index (Phi) is 29.1. The molecule has 1 aromatic heterocycles. The van der Waals surface area contributed by atoms with E-state index >= 15 is 0 Å². The quantitative estimate of drug-likeness (QED) is 0.0447. The Balaban J connectivity index is 0.000000142. The minimum absolute atomic E-state index is 0.0530. The van der Waals surface area contributed by atoms with E-state index in [1.54, 1.807) is 115 Å². The fraction of sp³-hybridized carbons (Fsp3) is 0.104. The number of ether oxygens (including phenoxy) is 6. The molecule has 4 aliphatic heterocycles. The number of para-hydroxylation sites is 3. The Bertz CT molecular complexity index is 6040. The van der Waals surface area contributed by atoms with E-state index in [0.29, 0.717) is 82.7 Å². The second kappa shape index (κ2) is 41.4. The third-order valence-electron chi connectivity index (χ3n) is 18.6. The lowest BCUT2D eigenvalue weighted by Gasteiger charge is -2.16. The van der Waals surface area contributed by atoms with Crippen molar-refractivity contribution in [1.29, 1.82) is 0 Å². The number of hydrogen-bond donors (Lipinski definition) is 3. The number of methoxy groups -OCH3 is 5. The lowest BCUT2D eigenvalue weighted by Crippen LogP contribution is -2.31. The number of fused-ring (bicyclic) bond motifs is 1. The first kappa shape index (κ1) is 85.6. The molecule has 0 spiro atoms. The van der Waals surface area contributed by atoms with Crippen LogP contribution >= 0.6 is 47.0 Å². The Hall–Kier alpha value is -14.2. The van der Waals surface area contributed by atoms with Gasteiger partial charge in [0.15, 0.2) is 32.2 Å². The number of benzene rings is 11. The van der Waals surface area contributed by atoms with Gasteiger partial charge in [-0.15, -0.1) is 6.42 Å². The van der Waals surface area contributed by atoms with Crippen LogP contribution in [0.3, 0.4) is 0 Å². The maximum Gasteiger partial charge on any atom is 0.271 e. The first-order chi connectivity index (χ1) is 59.5. The maximum atomic E-state index is 13.5. The van der Waals surface area contributed by atoms with Gasteiger partial charge < -0.3 is 43.6 Å². The van der Waals surface area contributed by atoms with E-state index < -0.39 is 0 Å². The molecule has 122 heavy (non-hydrogen) atoms. The number of anilines is 2. The number of carbonyl (C=O) groups is 4. The molecule has 0 unspecified atom stereocenters. The van der Waals surface area contributed by atoms with Crippen molar-refractivity contribution in [1.82, 2.24) is 14.8 Å². The van der Waals surface area contributed by atoms with Crippen LogP contribution in [0.25, 0.3) is 35.2 Å². The third-order valence-corrected chi connectivity index (χ3v) is 22.5. The number of aliphatic imine (C=N–C) groups is 4. The molecule has 0 bridgehead atoms. The van der Waals surface area contributed by atoms with E-state index in [9.17, 15) is 33.8 Å². The summed E-state index contributed by atoms with van der Waals surface area (Å²) < 4.78 is 44.5. The number of likely N-dealkylation sites (N-methyl/N-ethyl adjacent to an activating group) is 1. The van der Waals surface area contributed by atoms with Gasteiger partial charge in [-0.3, -0.25) is 38.8 Å². The number of H-pyrrole nitrogens is 1. The molecule has 0 saturated carbocycles. The molecule has 21 nitrogen and oxygen atoms in total. The molecule has 612 valence electrons. The predicted octanol–water partition coefficient (Wildman–Crippen LogP) is 20.9. The standard InChI is InChI=1S/C30H25N3O3S.C25H22N2O4S.C23H18N2O3S.C18H15FN2O2S/c1-3-18-36-25-12-8-21(9-13-25)19-28-29(34)33(17-16-22-20-31-27-7-5-4-6-26(22)27)30(37-28)32-23-10-14-24(35-2)15-11-23;1-29-20-10-4-17(5-11-20)16-23-24(28)27(19-8-14-22(31-3)15-9-19)25(32-23)26-18-6-12-21(30-2)13-7-18;1-28-20-14-16(12-13-19(20)26)15-21-22(27)25(18-10-6-3-7-11-18)23(29-21)24-17-8-4-2-5-9-17;1-2-21-17(23)16(11-12-3-9-15(22)10-4-12)24-18(21)20-14-7-5-13(19)6-8-14/h1,4-15,19-20,31H,16-18H2,2H3;4-16H,1-3H3;2-15,26H,1H3;3-11,22H,2H2,1H3/b28-19+,32-30?;23-16-,26-25?;21-15+,24-23?;16-11+,20-18?. The number of phenols is 2. The number of halogens is 1.